The lowest BCUT2D eigenvalue weighted by molar-refractivity contribution is 0.688. The Kier molecular flexibility index (Phi) is 5.44. The van der Waals surface area contributed by atoms with Crippen molar-refractivity contribution in [1.82, 2.24) is 5.32 Å². The van der Waals surface area contributed by atoms with Gasteiger partial charge in [-0.15, -0.1) is 0 Å². The molecule has 0 aliphatic carbocycles. The number of nitrogens with one attached hydrogen (secondary N) is 1. The summed E-state index contributed by atoms with van der Waals surface area (Å²) in [4.78, 5) is 0. The van der Waals surface area contributed by atoms with Crippen molar-refractivity contribution in [2.75, 3.05) is 7.05 Å². The third-order valence-electron chi connectivity index (χ3n) is 4.21. The van der Waals surface area contributed by atoms with E-state index >= 15 is 0 Å². The predicted octanol–water partition coefficient (Wildman–Crippen LogP) is 5.47. The summed E-state index contributed by atoms with van der Waals surface area (Å²) in [7, 11) is 1.98. The molecule has 1 nitrogen and oxygen atoms in total. The Bertz CT molecular complexity index is 589. The number of rotatable bonds is 5. The van der Waals surface area contributed by atoms with Crippen LogP contribution in [0.15, 0.2) is 42.5 Å². The van der Waals surface area contributed by atoms with Crippen LogP contribution < -0.4 is 5.32 Å². The number of benzene rings is 2. The smallest absolute Gasteiger partial charge is 0.0589 e. The van der Waals surface area contributed by atoms with E-state index in [0.29, 0.717) is 5.92 Å². The second kappa shape index (κ2) is 7.11. The quantitative estimate of drug-likeness (QED) is 0.772. The number of aryl methyl sites for hydroxylation is 1. The molecule has 0 saturated carbocycles. The molecule has 0 heterocycles. The average Bonchev–Trinajstić information content (AvgIpc) is 2.50. The Balaban J connectivity index is 2.33. The average molecular weight is 302 g/mol. The summed E-state index contributed by atoms with van der Waals surface area (Å²) in [6.45, 7) is 6.55. The molecule has 0 spiro atoms. The molecule has 2 atom stereocenters. The topological polar surface area (TPSA) is 12.0 Å². The maximum atomic E-state index is 6.42. The van der Waals surface area contributed by atoms with Crippen LogP contribution in [-0.4, -0.2) is 7.05 Å². The molecule has 0 bridgehead atoms. The maximum Gasteiger partial charge on any atom is 0.0589 e. The first-order valence-corrected chi connectivity index (χ1v) is 7.97. The zero-order chi connectivity index (χ0) is 15.4. The summed E-state index contributed by atoms with van der Waals surface area (Å²) in [5.41, 5.74) is 4.95. The van der Waals surface area contributed by atoms with Gasteiger partial charge in [0.25, 0.3) is 0 Å². The summed E-state index contributed by atoms with van der Waals surface area (Å²) >= 11 is 6.42. The summed E-state index contributed by atoms with van der Waals surface area (Å²) < 4.78 is 0. The first-order valence-electron chi connectivity index (χ1n) is 7.60. The van der Waals surface area contributed by atoms with Crippen molar-refractivity contribution in [3.63, 3.8) is 0 Å². The van der Waals surface area contributed by atoms with E-state index in [1.165, 1.54) is 23.1 Å². The van der Waals surface area contributed by atoms with E-state index in [1.807, 2.05) is 13.1 Å². The second-order valence-corrected chi connectivity index (χ2v) is 6.13. The lowest BCUT2D eigenvalue weighted by Crippen LogP contribution is -2.18. The SMILES string of the molecule is CCC(C)c1ccc(C(NC)c2ccc(C)cc2Cl)cc1. The van der Waals surface area contributed by atoms with Gasteiger partial charge in [-0.3, -0.25) is 0 Å². The number of hydrogen-bond acceptors (Lipinski definition) is 1. The standard InChI is InChI=1S/C19H24ClN/c1-5-14(3)15-7-9-16(10-8-15)19(21-4)17-11-6-13(2)12-18(17)20/h6-12,14,19,21H,5H2,1-4H3. The van der Waals surface area contributed by atoms with Gasteiger partial charge in [0, 0.05) is 5.02 Å². The van der Waals surface area contributed by atoms with E-state index in [2.05, 4.69) is 62.5 Å². The van der Waals surface area contributed by atoms with Crippen LogP contribution in [0, 0.1) is 6.92 Å². The van der Waals surface area contributed by atoms with Crippen molar-refractivity contribution in [2.45, 2.75) is 39.2 Å². The van der Waals surface area contributed by atoms with Gasteiger partial charge in [0.15, 0.2) is 0 Å². The van der Waals surface area contributed by atoms with Gasteiger partial charge in [0.1, 0.15) is 0 Å². The summed E-state index contributed by atoms with van der Waals surface area (Å²) in [6.07, 6.45) is 1.17. The Hall–Kier alpha value is -1.31. The van der Waals surface area contributed by atoms with Crippen LogP contribution in [-0.2, 0) is 0 Å². The molecule has 2 rings (SSSR count). The fourth-order valence-corrected chi connectivity index (χ4v) is 2.96. The van der Waals surface area contributed by atoms with Gasteiger partial charge in [-0.1, -0.05) is 61.8 Å². The summed E-state index contributed by atoms with van der Waals surface area (Å²) in [5, 5.41) is 4.19. The minimum Gasteiger partial charge on any atom is -0.309 e. The molecule has 0 aliphatic rings. The van der Waals surface area contributed by atoms with Crippen molar-refractivity contribution in [2.24, 2.45) is 0 Å². The normalized spacial score (nSPS) is 14.0. The fourth-order valence-electron chi connectivity index (χ4n) is 2.62. The van der Waals surface area contributed by atoms with Crippen LogP contribution in [0.3, 0.4) is 0 Å². The monoisotopic (exact) mass is 301 g/mol. The van der Waals surface area contributed by atoms with Gasteiger partial charge in [-0.05, 0) is 54.6 Å². The van der Waals surface area contributed by atoms with E-state index in [9.17, 15) is 0 Å². The van der Waals surface area contributed by atoms with Gasteiger partial charge in [0.2, 0.25) is 0 Å². The molecule has 1 N–H and O–H groups in total. The highest BCUT2D eigenvalue weighted by atomic mass is 35.5. The van der Waals surface area contributed by atoms with Gasteiger partial charge >= 0.3 is 0 Å². The molecular formula is C19H24ClN. The number of halogens is 1. The van der Waals surface area contributed by atoms with Crippen molar-refractivity contribution in [1.29, 1.82) is 0 Å². The van der Waals surface area contributed by atoms with Crippen LogP contribution in [0.1, 0.15) is 54.5 Å². The molecule has 2 unspecified atom stereocenters. The molecule has 0 amide bonds. The van der Waals surface area contributed by atoms with Gasteiger partial charge in [-0.25, -0.2) is 0 Å². The molecule has 2 aromatic rings. The molecule has 112 valence electrons. The molecule has 2 aromatic carbocycles. The van der Waals surface area contributed by atoms with Crippen LogP contribution in [0.4, 0.5) is 0 Å². The second-order valence-electron chi connectivity index (χ2n) is 5.72. The third-order valence-corrected chi connectivity index (χ3v) is 4.53. The third kappa shape index (κ3) is 3.66. The van der Waals surface area contributed by atoms with E-state index in [-0.39, 0.29) is 6.04 Å². The van der Waals surface area contributed by atoms with Crippen molar-refractivity contribution >= 4 is 11.6 Å². The van der Waals surface area contributed by atoms with E-state index in [1.54, 1.807) is 0 Å². The summed E-state index contributed by atoms with van der Waals surface area (Å²) in [5.74, 6) is 0.607. The van der Waals surface area contributed by atoms with E-state index < -0.39 is 0 Å². The predicted molar refractivity (Wildman–Crippen MR) is 92.2 cm³/mol. The first-order chi connectivity index (χ1) is 10.1. The zero-order valence-corrected chi connectivity index (χ0v) is 14.0. The number of hydrogen-bond donors (Lipinski definition) is 1. The molecular weight excluding hydrogens is 278 g/mol. The van der Waals surface area contributed by atoms with Crippen molar-refractivity contribution < 1.29 is 0 Å². The van der Waals surface area contributed by atoms with Crippen LogP contribution in [0.25, 0.3) is 0 Å². The molecule has 2 heteroatoms. The minimum atomic E-state index is 0.129. The zero-order valence-electron chi connectivity index (χ0n) is 13.3. The van der Waals surface area contributed by atoms with Gasteiger partial charge < -0.3 is 5.32 Å². The van der Waals surface area contributed by atoms with Crippen LogP contribution >= 0.6 is 11.6 Å². The highest BCUT2D eigenvalue weighted by Crippen LogP contribution is 2.30. The lowest BCUT2D eigenvalue weighted by Gasteiger charge is -2.20. The fraction of sp³-hybridized carbons (Fsp3) is 0.368. The molecule has 0 radical (unpaired) electrons. The van der Waals surface area contributed by atoms with Gasteiger partial charge in [-0.2, -0.15) is 0 Å². The van der Waals surface area contributed by atoms with Crippen LogP contribution in [0.2, 0.25) is 5.02 Å². The largest absolute Gasteiger partial charge is 0.309 e. The van der Waals surface area contributed by atoms with E-state index in [0.717, 1.165) is 10.6 Å². The summed E-state index contributed by atoms with van der Waals surface area (Å²) in [6, 6.07) is 15.3. The lowest BCUT2D eigenvalue weighted by atomic mass is 9.93. The molecule has 0 fully saturated rings. The Labute approximate surface area is 133 Å². The van der Waals surface area contributed by atoms with Crippen LogP contribution in [0.5, 0.6) is 0 Å². The van der Waals surface area contributed by atoms with E-state index in [4.69, 9.17) is 11.6 Å². The Morgan fingerprint density at radius 3 is 2.19 bits per heavy atom. The molecule has 21 heavy (non-hydrogen) atoms. The Morgan fingerprint density at radius 1 is 1.05 bits per heavy atom. The Morgan fingerprint density at radius 2 is 1.67 bits per heavy atom. The minimum absolute atomic E-state index is 0.129. The first kappa shape index (κ1) is 16.1. The molecule has 0 saturated heterocycles. The molecule has 0 aromatic heterocycles. The highest BCUT2D eigenvalue weighted by Gasteiger charge is 2.15. The highest BCUT2D eigenvalue weighted by molar-refractivity contribution is 6.31. The van der Waals surface area contributed by atoms with Crippen molar-refractivity contribution in [3.05, 3.63) is 69.7 Å². The molecule has 0 aliphatic heterocycles. The van der Waals surface area contributed by atoms with Crippen molar-refractivity contribution in [3.8, 4) is 0 Å². The maximum absolute atomic E-state index is 6.42. The van der Waals surface area contributed by atoms with Gasteiger partial charge in [0.05, 0.1) is 6.04 Å².